The molecule has 3 unspecified atom stereocenters. The first-order valence-electron chi connectivity index (χ1n) is 9.55. The SMILES string of the molecule is CC1CC1c1ccc(CN(C(=O)NC2CCCCNC2=O)C2CC2)o1. The highest BCUT2D eigenvalue weighted by Gasteiger charge is 2.38. The molecule has 1 saturated heterocycles. The van der Waals surface area contributed by atoms with E-state index in [1.165, 1.54) is 6.42 Å². The van der Waals surface area contributed by atoms with Crippen LogP contribution in [0, 0.1) is 5.92 Å². The van der Waals surface area contributed by atoms with E-state index >= 15 is 0 Å². The fraction of sp³-hybridized carbons (Fsp3) is 0.684. The first kappa shape index (κ1) is 16.5. The number of rotatable bonds is 5. The molecule has 1 aliphatic heterocycles. The standard InChI is InChI=1S/C19H27N3O3/c1-12-10-15(12)17-8-7-14(25-17)11-22(13-5-6-13)19(24)21-16-4-2-3-9-20-18(16)23/h7-8,12-13,15-16H,2-6,9-11H2,1H3,(H,20,23)(H,21,24). The molecule has 0 radical (unpaired) electrons. The van der Waals surface area contributed by atoms with Crippen molar-refractivity contribution in [2.24, 2.45) is 5.92 Å². The lowest BCUT2D eigenvalue weighted by Gasteiger charge is -2.24. The summed E-state index contributed by atoms with van der Waals surface area (Å²) in [7, 11) is 0. The number of amides is 3. The number of carbonyl (C=O) groups is 2. The van der Waals surface area contributed by atoms with Crippen LogP contribution in [0.4, 0.5) is 4.79 Å². The molecule has 3 aliphatic rings. The molecule has 6 heteroatoms. The lowest BCUT2D eigenvalue weighted by Crippen LogP contribution is -2.50. The fourth-order valence-electron chi connectivity index (χ4n) is 3.63. The van der Waals surface area contributed by atoms with Crippen molar-refractivity contribution in [3.05, 3.63) is 23.7 Å². The number of hydrogen-bond acceptors (Lipinski definition) is 3. The highest BCUT2D eigenvalue weighted by molar-refractivity contribution is 5.87. The lowest BCUT2D eigenvalue weighted by molar-refractivity contribution is -0.122. The van der Waals surface area contributed by atoms with Gasteiger partial charge in [-0.05, 0) is 56.6 Å². The maximum absolute atomic E-state index is 12.8. The predicted octanol–water partition coefficient (Wildman–Crippen LogP) is 2.75. The van der Waals surface area contributed by atoms with Crippen LogP contribution in [0.2, 0.25) is 0 Å². The van der Waals surface area contributed by atoms with Crippen molar-refractivity contribution in [1.29, 1.82) is 0 Å². The Kier molecular flexibility index (Phi) is 4.44. The number of carbonyl (C=O) groups excluding carboxylic acids is 2. The zero-order chi connectivity index (χ0) is 17.4. The summed E-state index contributed by atoms with van der Waals surface area (Å²) in [6.45, 7) is 3.41. The Morgan fingerprint density at radius 3 is 2.84 bits per heavy atom. The minimum atomic E-state index is -0.421. The minimum Gasteiger partial charge on any atom is -0.464 e. The number of nitrogens with one attached hydrogen (secondary N) is 2. The van der Waals surface area contributed by atoms with Crippen LogP contribution in [0.3, 0.4) is 0 Å². The minimum absolute atomic E-state index is 0.0652. The summed E-state index contributed by atoms with van der Waals surface area (Å²) in [6.07, 6.45) is 5.87. The van der Waals surface area contributed by atoms with Gasteiger partial charge in [-0.15, -0.1) is 0 Å². The fourth-order valence-corrected chi connectivity index (χ4v) is 3.63. The van der Waals surface area contributed by atoms with Crippen LogP contribution in [-0.2, 0) is 11.3 Å². The van der Waals surface area contributed by atoms with Crippen LogP contribution in [0.5, 0.6) is 0 Å². The van der Waals surface area contributed by atoms with Gasteiger partial charge in [-0.3, -0.25) is 4.79 Å². The van der Waals surface area contributed by atoms with E-state index in [1.807, 2.05) is 17.0 Å². The molecule has 3 atom stereocenters. The number of furan rings is 1. The zero-order valence-corrected chi connectivity index (χ0v) is 14.8. The van der Waals surface area contributed by atoms with Gasteiger partial charge in [-0.2, -0.15) is 0 Å². The highest BCUT2D eigenvalue weighted by Crippen LogP contribution is 2.47. The number of urea groups is 1. The van der Waals surface area contributed by atoms with Gasteiger partial charge >= 0.3 is 6.03 Å². The Labute approximate surface area is 148 Å². The second-order valence-corrected chi connectivity index (χ2v) is 7.77. The maximum atomic E-state index is 12.8. The van der Waals surface area contributed by atoms with Crippen molar-refractivity contribution >= 4 is 11.9 Å². The molecule has 2 saturated carbocycles. The molecule has 0 spiro atoms. The predicted molar refractivity (Wildman–Crippen MR) is 93.0 cm³/mol. The van der Waals surface area contributed by atoms with Gasteiger partial charge in [0.1, 0.15) is 17.6 Å². The molecule has 2 N–H and O–H groups in total. The molecule has 0 bridgehead atoms. The third-order valence-corrected chi connectivity index (χ3v) is 5.57. The summed E-state index contributed by atoms with van der Waals surface area (Å²) < 4.78 is 5.97. The average Bonchev–Trinajstić information content (AvgIpc) is 3.51. The lowest BCUT2D eigenvalue weighted by atomic mass is 10.1. The average molecular weight is 345 g/mol. The van der Waals surface area contributed by atoms with E-state index in [0.29, 0.717) is 31.3 Å². The van der Waals surface area contributed by atoms with Gasteiger partial charge in [-0.25, -0.2) is 4.79 Å². The van der Waals surface area contributed by atoms with Crippen molar-refractivity contribution < 1.29 is 14.0 Å². The van der Waals surface area contributed by atoms with Gasteiger partial charge in [0.2, 0.25) is 5.91 Å². The Bertz CT molecular complexity index is 652. The summed E-state index contributed by atoms with van der Waals surface area (Å²) in [6, 6.07) is 3.73. The summed E-state index contributed by atoms with van der Waals surface area (Å²) in [4.78, 5) is 26.7. The number of hydrogen-bond donors (Lipinski definition) is 2. The monoisotopic (exact) mass is 345 g/mol. The Balaban J connectivity index is 1.39. The molecule has 6 nitrogen and oxygen atoms in total. The molecule has 0 aromatic carbocycles. The molecule has 1 aromatic heterocycles. The quantitative estimate of drug-likeness (QED) is 0.862. The third kappa shape index (κ3) is 3.83. The van der Waals surface area contributed by atoms with Gasteiger partial charge in [-0.1, -0.05) is 6.92 Å². The molecule has 3 amide bonds. The Hall–Kier alpha value is -1.98. The van der Waals surface area contributed by atoms with Gasteiger partial charge in [0.15, 0.2) is 0 Å². The van der Waals surface area contributed by atoms with Crippen LogP contribution in [0.25, 0.3) is 0 Å². The van der Waals surface area contributed by atoms with Crippen molar-refractivity contribution in [2.45, 2.75) is 70.0 Å². The van der Waals surface area contributed by atoms with Crippen LogP contribution >= 0.6 is 0 Å². The largest absolute Gasteiger partial charge is 0.464 e. The van der Waals surface area contributed by atoms with E-state index in [9.17, 15) is 9.59 Å². The maximum Gasteiger partial charge on any atom is 0.318 e. The number of nitrogens with zero attached hydrogens (tertiary/aromatic N) is 1. The molecular formula is C19H27N3O3. The molecule has 2 heterocycles. The van der Waals surface area contributed by atoms with Gasteiger partial charge < -0.3 is 20.0 Å². The van der Waals surface area contributed by atoms with E-state index in [2.05, 4.69) is 17.6 Å². The Morgan fingerprint density at radius 2 is 2.12 bits per heavy atom. The van der Waals surface area contributed by atoms with Gasteiger partial charge in [0, 0.05) is 18.5 Å². The van der Waals surface area contributed by atoms with Crippen LogP contribution in [0.15, 0.2) is 16.5 Å². The van der Waals surface area contributed by atoms with Crippen LogP contribution in [-0.4, -0.2) is 35.5 Å². The van der Waals surface area contributed by atoms with Crippen molar-refractivity contribution in [3.63, 3.8) is 0 Å². The van der Waals surface area contributed by atoms with Crippen LogP contribution in [0.1, 0.15) is 62.9 Å². The smallest absolute Gasteiger partial charge is 0.318 e. The molecule has 2 aliphatic carbocycles. The molecular weight excluding hydrogens is 318 g/mol. The van der Waals surface area contributed by atoms with E-state index in [4.69, 9.17) is 4.42 Å². The van der Waals surface area contributed by atoms with E-state index in [0.717, 1.165) is 37.2 Å². The van der Waals surface area contributed by atoms with Crippen molar-refractivity contribution in [3.8, 4) is 0 Å². The molecule has 136 valence electrons. The van der Waals surface area contributed by atoms with Crippen LogP contribution < -0.4 is 10.6 Å². The molecule has 1 aromatic rings. The zero-order valence-electron chi connectivity index (χ0n) is 14.8. The highest BCUT2D eigenvalue weighted by atomic mass is 16.3. The second-order valence-electron chi connectivity index (χ2n) is 7.77. The molecule has 3 fully saturated rings. The second kappa shape index (κ2) is 6.73. The summed E-state index contributed by atoms with van der Waals surface area (Å²) >= 11 is 0. The van der Waals surface area contributed by atoms with E-state index in [1.54, 1.807) is 0 Å². The summed E-state index contributed by atoms with van der Waals surface area (Å²) in [5.41, 5.74) is 0. The molecule has 25 heavy (non-hydrogen) atoms. The normalized spacial score (nSPS) is 28.8. The first-order valence-corrected chi connectivity index (χ1v) is 9.55. The van der Waals surface area contributed by atoms with E-state index in [-0.39, 0.29) is 18.0 Å². The van der Waals surface area contributed by atoms with E-state index < -0.39 is 6.04 Å². The molecule has 4 rings (SSSR count). The summed E-state index contributed by atoms with van der Waals surface area (Å²) in [5, 5.41) is 5.80. The topological polar surface area (TPSA) is 74.6 Å². The van der Waals surface area contributed by atoms with Gasteiger partial charge in [0.05, 0.1) is 6.54 Å². The van der Waals surface area contributed by atoms with Crippen molar-refractivity contribution in [2.75, 3.05) is 6.54 Å². The summed E-state index contributed by atoms with van der Waals surface area (Å²) in [5.74, 6) is 3.06. The third-order valence-electron chi connectivity index (χ3n) is 5.57. The Morgan fingerprint density at radius 1 is 1.32 bits per heavy atom. The van der Waals surface area contributed by atoms with Gasteiger partial charge in [0.25, 0.3) is 0 Å². The van der Waals surface area contributed by atoms with Crippen molar-refractivity contribution in [1.82, 2.24) is 15.5 Å². The first-order chi connectivity index (χ1) is 12.1.